The van der Waals surface area contributed by atoms with Crippen LogP contribution in [0.5, 0.6) is 0 Å². The molecule has 0 unspecified atom stereocenters. The van der Waals surface area contributed by atoms with Gasteiger partial charge >= 0.3 is 0 Å². The summed E-state index contributed by atoms with van der Waals surface area (Å²) in [7, 11) is 0. The molecular formula is C10H14N2OS. The second-order valence-electron chi connectivity index (χ2n) is 2.93. The van der Waals surface area contributed by atoms with Crippen molar-refractivity contribution in [2.75, 3.05) is 5.75 Å². The van der Waals surface area contributed by atoms with E-state index in [1.807, 2.05) is 0 Å². The second kappa shape index (κ2) is 6.54. The lowest BCUT2D eigenvalue weighted by Gasteiger charge is -1.98. The average Bonchev–Trinajstić information content (AvgIpc) is 2.25. The molecule has 1 aromatic heterocycles. The first kappa shape index (κ1) is 11.2. The van der Waals surface area contributed by atoms with Gasteiger partial charge in [0, 0.05) is 18.1 Å². The SMILES string of the molecule is CCCCCSC(=O)c1cnccn1. The zero-order valence-electron chi connectivity index (χ0n) is 8.27. The van der Waals surface area contributed by atoms with Gasteiger partial charge in [-0.3, -0.25) is 9.78 Å². The van der Waals surface area contributed by atoms with Crippen molar-refractivity contribution in [2.45, 2.75) is 26.2 Å². The predicted octanol–water partition coefficient (Wildman–Crippen LogP) is 2.54. The molecule has 0 amide bonds. The fourth-order valence-electron chi connectivity index (χ4n) is 0.995. The monoisotopic (exact) mass is 210 g/mol. The van der Waals surface area contributed by atoms with Crippen LogP contribution in [0.2, 0.25) is 0 Å². The quantitative estimate of drug-likeness (QED) is 0.700. The zero-order valence-corrected chi connectivity index (χ0v) is 9.09. The third-order valence-corrected chi connectivity index (χ3v) is 2.72. The minimum Gasteiger partial charge on any atom is -0.280 e. The van der Waals surface area contributed by atoms with Crippen LogP contribution in [0.1, 0.15) is 36.7 Å². The van der Waals surface area contributed by atoms with E-state index < -0.39 is 0 Å². The van der Waals surface area contributed by atoms with E-state index in [0.29, 0.717) is 5.69 Å². The topological polar surface area (TPSA) is 42.9 Å². The summed E-state index contributed by atoms with van der Waals surface area (Å²) in [5.41, 5.74) is 0.453. The first-order chi connectivity index (χ1) is 6.84. The maximum atomic E-state index is 11.5. The summed E-state index contributed by atoms with van der Waals surface area (Å²) in [6, 6.07) is 0. The molecule has 0 radical (unpaired) electrons. The Morgan fingerprint density at radius 3 is 2.93 bits per heavy atom. The van der Waals surface area contributed by atoms with Crippen LogP contribution in [0.25, 0.3) is 0 Å². The van der Waals surface area contributed by atoms with Crippen molar-refractivity contribution in [3.8, 4) is 0 Å². The van der Waals surface area contributed by atoms with Crippen molar-refractivity contribution in [1.29, 1.82) is 0 Å². The fraction of sp³-hybridized carbons (Fsp3) is 0.500. The van der Waals surface area contributed by atoms with Gasteiger partial charge in [0.05, 0.1) is 6.20 Å². The third kappa shape index (κ3) is 3.87. The lowest BCUT2D eigenvalue weighted by Crippen LogP contribution is -1.98. The normalized spacial score (nSPS) is 10.1. The summed E-state index contributed by atoms with van der Waals surface area (Å²) in [5, 5.41) is 0.0224. The van der Waals surface area contributed by atoms with Crippen LogP contribution in [0.3, 0.4) is 0 Å². The summed E-state index contributed by atoms with van der Waals surface area (Å²) < 4.78 is 0. The van der Waals surface area contributed by atoms with Gasteiger partial charge in [-0.2, -0.15) is 0 Å². The molecular weight excluding hydrogens is 196 g/mol. The van der Waals surface area contributed by atoms with Gasteiger partial charge in [-0.15, -0.1) is 0 Å². The molecule has 14 heavy (non-hydrogen) atoms. The van der Waals surface area contributed by atoms with E-state index in [9.17, 15) is 4.79 Å². The van der Waals surface area contributed by atoms with Crippen molar-refractivity contribution >= 4 is 16.9 Å². The van der Waals surface area contributed by atoms with E-state index in [1.165, 1.54) is 30.8 Å². The Kier molecular flexibility index (Phi) is 5.22. The van der Waals surface area contributed by atoms with Crippen LogP contribution >= 0.6 is 11.8 Å². The summed E-state index contributed by atoms with van der Waals surface area (Å²) >= 11 is 1.33. The highest BCUT2D eigenvalue weighted by Crippen LogP contribution is 2.11. The van der Waals surface area contributed by atoms with Crippen molar-refractivity contribution in [2.24, 2.45) is 0 Å². The van der Waals surface area contributed by atoms with E-state index in [0.717, 1.165) is 12.2 Å². The first-order valence-corrected chi connectivity index (χ1v) is 5.76. The van der Waals surface area contributed by atoms with Crippen LogP contribution in [0.4, 0.5) is 0 Å². The highest BCUT2D eigenvalue weighted by atomic mass is 32.2. The van der Waals surface area contributed by atoms with Crippen LogP contribution in [-0.2, 0) is 0 Å². The van der Waals surface area contributed by atoms with E-state index >= 15 is 0 Å². The molecule has 3 nitrogen and oxygen atoms in total. The number of carbonyl (C=O) groups excluding carboxylic acids is 1. The number of unbranched alkanes of at least 4 members (excludes halogenated alkanes) is 2. The minimum atomic E-state index is 0.0224. The lowest BCUT2D eigenvalue weighted by molar-refractivity contribution is 0.108. The van der Waals surface area contributed by atoms with Crippen molar-refractivity contribution in [3.63, 3.8) is 0 Å². The number of hydrogen-bond donors (Lipinski definition) is 0. The number of hydrogen-bond acceptors (Lipinski definition) is 4. The van der Waals surface area contributed by atoms with E-state index in [2.05, 4.69) is 16.9 Å². The first-order valence-electron chi connectivity index (χ1n) is 4.77. The van der Waals surface area contributed by atoms with Gasteiger partial charge < -0.3 is 0 Å². The van der Waals surface area contributed by atoms with Gasteiger partial charge in [0.2, 0.25) is 5.12 Å². The summed E-state index contributed by atoms with van der Waals surface area (Å²) in [5.74, 6) is 0.878. The van der Waals surface area contributed by atoms with Crippen LogP contribution in [0, 0.1) is 0 Å². The number of aromatic nitrogens is 2. The minimum absolute atomic E-state index is 0.0224. The number of nitrogens with zero attached hydrogens (tertiary/aromatic N) is 2. The van der Waals surface area contributed by atoms with Crippen LogP contribution < -0.4 is 0 Å². The van der Waals surface area contributed by atoms with Crippen LogP contribution in [-0.4, -0.2) is 20.8 Å². The standard InChI is InChI=1S/C10H14N2OS/c1-2-3-4-7-14-10(13)9-8-11-5-6-12-9/h5-6,8H,2-4,7H2,1H3. The number of rotatable bonds is 5. The maximum absolute atomic E-state index is 11.5. The summed E-state index contributed by atoms with van der Waals surface area (Å²) in [6.45, 7) is 2.15. The van der Waals surface area contributed by atoms with Crippen LogP contribution in [0.15, 0.2) is 18.6 Å². The molecule has 0 bridgehead atoms. The lowest BCUT2D eigenvalue weighted by atomic mass is 10.3. The van der Waals surface area contributed by atoms with Crippen molar-refractivity contribution < 1.29 is 4.79 Å². The van der Waals surface area contributed by atoms with Gasteiger partial charge in [-0.1, -0.05) is 31.5 Å². The molecule has 0 saturated heterocycles. The molecule has 0 aliphatic carbocycles. The second-order valence-corrected chi connectivity index (χ2v) is 4.00. The summed E-state index contributed by atoms with van der Waals surface area (Å²) in [6.07, 6.45) is 8.07. The van der Waals surface area contributed by atoms with E-state index in [-0.39, 0.29) is 5.12 Å². The van der Waals surface area contributed by atoms with Gasteiger partial charge in [-0.05, 0) is 6.42 Å². The Morgan fingerprint density at radius 2 is 2.29 bits per heavy atom. The molecule has 0 aliphatic heterocycles. The van der Waals surface area contributed by atoms with Crippen molar-refractivity contribution in [3.05, 3.63) is 24.3 Å². The molecule has 4 heteroatoms. The van der Waals surface area contributed by atoms with E-state index in [1.54, 1.807) is 12.4 Å². The molecule has 0 spiro atoms. The molecule has 1 rings (SSSR count). The van der Waals surface area contributed by atoms with Gasteiger partial charge in [0.1, 0.15) is 5.69 Å². The molecule has 76 valence electrons. The highest BCUT2D eigenvalue weighted by molar-refractivity contribution is 8.14. The van der Waals surface area contributed by atoms with E-state index in [4.69, 9.17) is 0 Å². The Balaban J connectivity index is 2.29. The Bertz CT molecular complexity index is 277. The molecule has 0 fully saturated rings. The Hall–Kier alpha value is -0.900. The molecule has 0 atom stereocenters. The molecule has 0 N–H and O–H groups in total. The molecule has 0 aromatic carbocycles. The Labute approximate surface area is 88.3 Å². The third-order valence-electron chi connectivity index (χ3n) is 1.75. The molecule has 1 aromatic rings. The highest BCUT2D eigenvalue weighted by Gasteiger charge is 2.06. The zero-order chi connectivity index (χ0) is 10.2. The van der Waals surface area contributed by atoms with Gasteiger partial charge in [-0.25, -0.2) is 4.98 Å². The van der Waals surface area contributed by atoms with Crippen molar-refractivity contribution in [1.82, 2.24) is 9.97 Å². The molecule has 0 aliphatic rings. The smallest absolute Gasteiger partial charge is 0.239 e. The predicted molar refractivity (Wildman–Crippen MR) is 58.3 cm³/mol. The molecule has 1 heterocycles. The molecule has 0 saturated carbocycles. The van der Waals surface area contributed by atoms with Gasteiger partial charge in [0.25, 0.3) is 0 Å². The largest absolute Gasteiger partial charge is 0.280 e. The maximum Gasteiger partial charge on any atom is 0.239 e. The fourth-order valence-corrected chi connectivity index (χ4v) is 1.78. The summed E-state index contributed by atoms with van der Waals surface area (Å²) in [4.78, 5) is 19.3. The average molecular weight is 210 g/mol. The Morgan fingerprint density at radius 1 is 1.43 bits per heavy atom. The number of carbonyl (C=O) groups is 1. The number of thioether (sulfide) groups is 1. The van der Waals surface area contributed by atoms with Gasteiger partial charge in [0.15, 0.2) is 0 Å².